The number of aryl methyl sites for hydroxylation is 1. The number of pyridine rings is 1. The fraction of sp³-hybridized carbons (Fsp3) is 0.684. The van der Waals surface area contributed by atoms with E-state index in [-0.39, 0.29) is 17.7 Å². The molecule has 26 heavy (non-hydrogen) atoms. The summed E-state index contributed by atoms with van der Waals surface area (Å²) in [6.45, 7) is 6.27. The molecular weight excluding hydrogens is 345 g/mol. The lowest BCUT2D eigenvalue weighted by Gasteiger charge is -2.47. The molecule has 2 heterocycles. The number of aromatic nitrogens is 1. The van der Waals surface area contributed by atoms with E-state index in [1.54, 1.807) is 6.92 Å². The quantitative estimate of drug-likeness (QED) is 0.773. The van der Waals surface area contributed by atoms with Crippen molar-refractivity contribution in [3.05, 3.63) is 29.6 Å². The van der Waals surface area contributed by atoms with E-state index in [2.05, 4.69) is 18.8 Å². The molecule has 1 aliphatic carbocycles. The zero-order chi connectivity index (χ0) is 19.1. The van der Waals surface area contributed by atoms with Crippen molar-refractivity contribution in [2.24, 2.45) is 11.8 Å². The maximum absolute atomic E-state index is 12.6. The number of rotatable bonds is 4. The van der Waals surface area contributed by atoms with E-state index in [4.69, 9.17) is 4.74 Å². The summed E-state index contributed by atoms with van der Waals surface area (Å²) in [5, 5.41) is 0. The molecule has 2 fully saturated rings. The third-order valence-corrected chi connectivity index (χ3v) is 5.74. The molecule has 3 atom stereocenters. The second-order valence-corrected chi connectivity index (χ2v) is 7.79. The molecule has 0 aromatic carbocycles. The highest BCUT2D eigenvalue weighted by atomic mass is 19.4. The van der Waals surface area contributed by atoms with Gasteiger partial charge in [0.1, 0.15) is 0 Å². The molecule has 0 N–H and O–H groups in total. The molecule has 1 aromatic rings. The van der Waals surface area contributed by atoms with Crippen LogP contribution in [0.15, 0.2) is 18.3 Å². The van der Waals surface area contributed by atoms with Gasteiger partial charge < -0.3 is 4.74 Å². The van der Waals surface area contributed by atoms with E-state index >= 15 is 0 Å². The molecular formula is C19H25F3N2O2. The first-order chi connectivity index (χ1) is 12.1. The summed E-state index contributed by atoms with van der Waals surface area (Å²) in [4.78, 5) is 18.3. The van der Waals surface area contributed by atoms with Gasteiger partial charge in [-0.1, -0.05) is 0 Å². The average molecular weight is 370 g/mol. The van der Waals surface area contributed by atoms with Gasteiger partial charge in [-0.25, -0.2) is 4.79 Å². The Labute approximate surface area is 151 Å². The van der Waals surface area contributed by atoms with Crippen molar-refractivity contribution in [3.63, 3.8) is 0 Å². The minimum atomic E-state index is -4.37. The second-order valence-electron chi connectivity index (χ2n) is 7.79. The number of hydrogen-bond donors (Lipinski definition) is 0. The maximum atomic E-state index is 12.6. The molecule has 0 bridgehead atoms. The molecule has 0 unspecified atom stereocenters. The van der Waals surface area contributed by atoms with Crippen LogP contribution >= 0.6 is 0 Å². The van der Waals surface area contributed by atoms with Crippen LogP contribution < -0.4 is 0 Å². The molecule has 2 aliphatic rings. The van der Waals surface area contributed by atoms with E-state index in [1.807, 2.05) is 4.90 Å². The summed E-state index contributed by atoms with van der Waals surface area (Å²) in [5.74, 6) is 1.13. The Morgan fingerprint density at radius 2 is 2.08 bits per heavy atom. The van der Waals surface area contributed by atoms with Gasteiger partial charge in [-0.05, 0) is 70.4 Å². The first-order valence-electron chi connectivity index (χ1n) is 9.12. The SMILES string of the molecule is CCOC(=O)N1[C@H](CCc2ccc(C(F)(F)F)cn2)C[C@H]2C[C@H]2C1(C)C. The Bertz CT molecular complexity index is 658. The topological polar surface area (TPSA) is 42.4 Å². The van der Waals surface area contributed by atoms with Crippen LogP contribution in [0.3, 0.4) is 0 Å². The molecule has 0 radical (unpaired) electrons. The zero-order valence-corrected chi connectivity index (χ0v) is 15.3. The van der Waals surface area contributed by atoms with Crippen LogP contribution in [0.2, 0.25) is 0 Å². The number of carbonyl (C=O) groups excluding carboxylic acids is 1. The van der Waals surface area contributed by atoms with E-state index in [0.29, 0.717) is 37.0 Å². The van der Waals surface area contributed by atoms with Crippen molar-refractivity contribution in [3.8, 4) is 0 Å². The van der Waals surface area contributed by atoms with Crippen LogP contribution in [0.5, 0.6) is 0 Å². The predicted molar refractivity (Wildman–Crippen MR) is 90.5 cm³/mol. The number of hydrogen-bond acceptors (Lipinski definition) is 3. The van der Waals surface area contributed by atoms with E-state index in [0.717, 1.165) is 25.1 Å². The van der Waals surface area contributed by atoms with Crippen LogP contribution in [-0.4, -0.2) is 34.2 Å². The molecule has 4 nitrogen and oxygen atoms in total. The van der Waals surface area contributed by atoms with Crippen molar-refractivity contribution < 1.29 is 22.7 Å². The monoisotopic (exact) mass is 370 g/mol. The van der Waals surface area contributed by atoms with E-state index < -0.39 is 11.7 Å². The van der Waals surface area contributed by atoms with Gasteiger partial charge in [0.15, 0.2) is 0 Å². The number of halogens is 3. The Balaban J connectivity index is 1.70. The van der Waals surface area contributed by atoms with Crippen molar-refractivity contribution in [2.75, 3.05) is 6.61 Å². The molecule has 0 spiro atoms. The highest BCUT2D eigenvalue weighted by Crippen LogP contribution is 2.56. The number of ether oxygens (including phenoxy) is 1. The summed E-state index contributed by atoms with van der Waals surface area (Å²) in [6.07, 6.45) is -0.546. The highest BCUT2D eigenvalue weighted by molar-refractivity contribution is 5.69. The van der Waals surface area contributed by atoms with Gasteiger partial charge in [0.2, 0.25) is 0 Å². The van der Waals surface area contributed by atoms with Gasteiger partial charge in [0.05, 0.1) is 12.2 Å². The Hall–Kier alpha value is -1.79. The molecule has 144 valence electrons. The van der Waals surface area contributed by atoms with Crippen LogP contribution in [0.4, 0.5) is 18.0 Å². The Morgan fingerprint density at radius 3 is 2.65 bits per heavy atom. The molecule has 1 amide bonds. The molecule has 7 heteroatoms. The summed E-state index contributed by atoms with van der Waals surface area (Å²) < 4.78 is 43.2. The summed E-state index contributed by atoms with van der Waals surface area (Å²) in [6, 6.07) is 2.51. The van der Waals surface area contributed by atoms with Gasteiger partial charge in [0, 0.05) is 23.5 Å². The summed E-state index contributed by atoms with van der Waals surface area (Å²) >= 11 is 0. The number of piperidine rings is 1. The zero-order valence-electron chi connectivity index (χ0n) is 15.3. The first kappa shape index (κ1) is 19.0. The van der Waals surface area contributed by atoms with Gasteiger partial charge in [-0.3, -0.25) is 9.88 Å². The number of nitrogens with zero attached hydrogens (tertiary/aromatic N) is 2. The smallest absolute Gasteiger partial charge is 0.417 e. The van der Waals surface area contributed by atoms with Crippen molar-refractivity contribution in [2.45, 2.75) is 64.2 Å². The fourth-order valence-electron chi connectivity index (χ4n) is 4.36. The van der Waals surface area contributed by atoms with Gasteiger partial charge in [0.25, 0.3) is 0 Å². The van der Waals surface area contributed by atoms with Gasteiger partial charge in [-0.15, -0.1) is 0 Å². The van der Waals surface area contributed by atoms with Crippen LogP contribution in [0, 0.1) is 11.8 Å². The van der Waals surface area contributed by atoms with Crippen molar-refractivity contribution in [1.82, 2.24) is 9.88 Å². The van der Waals surface area contributed by atoms with Crippen LogP contribution in [0.25, 0.3) is 0 Å². The largest absolute Gasteiger partial charge is 0.450 e. The van der Waals surface area contributed by atoms with E-state index in [9.17, 15) is 18.0 Å². The van der Waals surface area contributed by atoms with E-state index in [1.165, 1.54) is 6.07 Å². The standard InChI is InChI=1S/C19H25F3N2O2/c1-4-26-17(25)24-15(9-12-10-16(12)18(24,2)3)8-7-14-6-5-13(11-23-14)19(20,21)22/h5-6,11-12,15-16H,4,7-10H2,1-3H3/t12-,15+,16+/m0/s1. The number of fused-ring (bicyclic) bond motifs is 1. The third-order valence-electron chi connectivity index (χ3n) is 5.74. The highest BCUT2D eigenvalue weighted by Gasteiger charge is 2.58. The molecule has 3 rings (SSSR count). The lowest BCUT2D eigenvalue weighted by atomic mass is 9.84. The Morgan fingerprint density at radius 1 is 1.35 bits per heavy atom. The van der Waals surface area contributed by atoms with Gasteiger partial charge >= 0.3 is 12.3 Å². The average Bonchev–Trinajstić information content (AvgIpc) is 3.33. The minimum absolute atomic E-state index is 0.0249. The maximum Gasteiger partial charge on any atom is 0.417 e. The number of amides is 1. The first-order valence-corrected chi connectivity index (χ1v) is 9.12. The molecule has 1 saturated heterocycles. The van der Waals surface area contributed by atoms with Crippen LogP contribution in [0.1, 0.15) is 51.3 Å². The van der Waals surface area contributed by atoms with Crippen molar-refractivity contribution >= 4 is 6.09 Å². The molecule has 1 saturated carbocycles. The summed E-state index contributed by atoms with van der Waals surface area (Å²) in [7, 11) is 0. The third kappa shape index (κ3) is 3.67. The normalized spacial score (nSPS) is 27.0. The Kier molecular flexibility index (Phi) is 4.92. The second kappa shape index (κ2) is 6.74. The lowest BCUT2D eigenvalue weighted by Crippen LogP contribution is -2.57. The fourth-order valence-corrected chi connectivity index (χ4v) is 4.36. The number of alkyl halides is 3. The molecule has 1 aliphatic heterocycles. The van der Waals surface area contributed by atoms with Crippen LogP contribution in [-0.2, 0) is 17.3 Å². The van der Waals surface area contributed by atoms with Gasteiger partial charge in [-0.2, -0.15) is 13.2 Å². The summed E-state index contributed by atoms with van der Waals surface area (Å²) in [5.41, 5.74) is -0.389. The predicted octanol–water partition coefficient (Wildman–Crippen LogP) is 4.68. The minimum Gasteiger partial charge on any atom is -0.450 e. The lowest BCUT2D eigenvalue weighted by molar-refractivity contribution is -0.137. The molecule has 1 aromatic heterocycles. The number of carbonyl (C=O) groups is 1. The number of likely N-dealkylation sites (tertiary alicyclic amines) is 1. The van der Waals surface area contributed by atoms with Crippen molar-refractivity contribution in [1.29, 1.82) is 0 Å².